The number of carbonyl (C=O) groups excluding carboxylic acids is 1. The Morgan fingerprint density at radius 3 is 2.58 bits per heavy atom. The first-order valence-corrected chi connectivity index (χ1v) is 4.58. The van der Waals surface area contributed by atoms with Gasteiger partial charge in [0.15, 0.2) is 0 Å². The molecule has 0 radical (unpaired) electrons. The summed E-state index contributed by atoms with van der Waals surface area (Å²) in [5.41, 5.74) is 2.82. The molecule has 1 rings (SSSR count). The molecule has 12 heavy (non-hydrogen) atoms. The summed E-state index contributed by atoms with van der Waals surface area (Å²) in [5.74, 6) is 0.279. The van der Waals surface area contributed by atoms with Crippen LogP contribution in [0.25, 0.3) is 0 Å². The van der Waals surface area contributed by atoms with E-state index in [4.69, 9.17) is 0 Å². The smallest absolute Gasteiger partial charge is 0.222 e. The van der Waals surface area contributed by atoms with E-state index >= 15 is 0 Å². The van der Waals surface area contributed by atoms with Gasteiger partial charge in [-0.3, -0.25) is 4.79 Å². The zero-order valence-electron chi connectivity index (χ0n) is 8.18. The van der Waals surface area contributed by atoms with Gasteiger partial charge in [-0.2, -0.15) is 0 Å². The minimum Gasteiger partial charge on any atom is -0.338 e. The van der Waals surface area contributed by atoms with Gasteiger partial charge in [0.2, 0.25) is 5.91 Å². The average Bonchev–Trinajstić information content (AvgIpc) is 2.08. The Labute approximate surface area is 74.2 Å². The maximum Gasteiger partial charge on any atom is 0.222 e. The quantitative estimate of drug-likeness (QED) is 0.547. The second-order valence-electron chi connectivity index (χ2n) is 3.48. The molecule has 0 N–H and O–H groups in total. The summed E-state index contributed by atoms with van der Waals surface area (Å²) in [6, 6.07) is 0. The van der Waals surface area contributed by atoms with E-state index in [9.17, 15) is 4.79 Å². The molecule has 2 heteroatoms. The Hall–Kier alpha value is -0.790. The summed E-state index contributed by atoms with van der Waals surface area (Å²) in [4.78, 5) is 13.3. The highest BCUT2D eigenvalue weighted by molar-refractivity contribution is 5.76. The molecular formula is C10H17NO. The Balaban J connectivity index is 2.60. The monoisotopic (exact) mass is 167 g/mol. The van der Waals surface area contributed by atoms with Crippen molar-refractivity contribution in [3.8, 4) is 0 Å². The average molecular weight is 167 g/mol. The molecule has 1 aliphatic rings. The topological polar surface area (TPSA) is 20.3 Å². The molecule has 1 heterocycles. The molecule has 0 aromatic carbocycles. The van der Waals surface area contributed by atoms with Crippen LogP contribution in [0.2, 0.25) is 0 Å². The van der Waals surface area contributed by atoms with Crippen molar-refractivity contribution in [3.63, 3.8) is 0 Å². The van der Waals surface area contributed by atoms with Crippen molar-refractivity contribution in [3.05, 3.63) is 11.1 Å². The van der Waals surface area contributed by atoms with Gasteiger partial charge in [0, 0.05) is 19.5 Å². The second-order valence-corrected chi connectivity index (χ2v) is 3.48. The molecule has 0 aromatic rings. The predicted molar refractivity (Wildman–Crippen MR) is 49.9 cm³/mol. The van der Waals surface area contributed by atoms with Gasteiger partial charge in [-0.05, 0) is 20.3 Å². The number of nitrogens with zero attached hydrogens (tertiary/aromatic N) is 1. The van der Waals surface area contributed by atoms with E-state index in [-0.39, 0.29) is 5.91 Å². The summed E-state index contributed by atoms with van der Waals surface area (Å²) >= 11 is 0. The fourth-order valence-electron chi connectivity index (χ4n) is 1.45. The Morgan fingerprint density at radius 1 is 1.42 bits per heavy atom. The summed E-state index contributed by atoms with van der Waals surface area (Å²) in [5, 5.41) is 0. The van der Waals surface area contributed by atoms with Gasteiger partial charge in [-0.1, -0.05) is 18.1 Å². The standard InChI is InChI=1S/C10H17NO/c1-4-10(12)11-6-5-8(2)9(3)7-11/h4-7H2,1-3H3. The van der Waals surface area contributed by atoms with E-state index in [1.807, 2.05) is 11.8 Å². The lowest BCUT2D eigenvalue weighted by Crippen LogP contribution is -2.35. The van der Waals surface area contributed by atoms with E-state index in [0.717, 1.165) is 19.5 Å². The van der Waals surface area contributed by atoms with Crippen LogP contribution in [0.3, 0.4) is 0 Å². The van der Waals surface area contributed by atoms with Crippen LogP contribution < -0.4 is 0 Å². The fraction of sp³-hybridized carbons (Fsp3) is 0.700. The lowest BCUT2D eigenvalue weighted by molar-refractivity contribution is -0.130. The van der Waals surface area contributed by atoms with Crippen LogP contribution in [0.4, 0.5) is 0 Å². The van der Waals surface area contributed by atoms with Crippen molar-refractivity contribution in [2.75, 3.05) is 13.1 Å². The molecule has 0 aliphatic carbocycles. The largest absolute Gasteiger partial charge is 0.338 e. The Kier molecular flexibility index (Phi) is 2.90. The highest BCUT2D eigenvalue weighted by Gasteiger charge is 2.16. The minimum absolute atomic E-state index is 0.279. The molecule has 1 amide bonds. The van der Waals surface area contributed by atoms with E-state index in [2.05, 4.69) is 13.8 Å². The van der Waals surface area contributed by atoms with Gasteiger partial charge < -0.3 is 4.90 Å². The van der Waals surface area contributed by atoms with Gasteiger partial charge in [-0.25, -0.2) is 0 Å². The van der Waals surface area contributed by atoms with Gasteiger partial charge in [0.25, 0.3) is 0 Å². The maximum atomic E-state index is 11.3. The summed E-state index contributed by atoms with van der Waals surface area (Å²) in [6.07, 6.45) is 1.68. The van der Waals surface area contributed by atoms with Crippen LogP contribution in [-0.2, 0) is 4.79 Å². The van der Waals surface area contributed by atoms with Gasteiger partial charge in [0.05, 0.1) is 0 Å². The van der Waals surface area contributed by atoms with Crippen molar-refractivity contribution < 1.29 is 4.79 Å². The second kappa shape index (κ2) is 3.74. The van der Waals surface area contributed by atoms with Gasteiger partial charge in [0.1, 0.15) is 0 Å². The first kappa shape index (κ1) is 9.30. The molecule has 0 fully saturated rings. The molecule has 0 bridgehead atoms. The molecule has 68 valence electrons. The first-order chi connectivity index (χ1) is 5.65. The van der Waals surface area contributed by atoms with Crippen LogP contribution >= 0.6 is 0 Å². The number of rotatable bonds is 1. The summed E-state index contributed by atoms with van der Waals surface area (Å²) in [7, 11) is 0. The number of amides is 1. The van der Waals surface area contributed by atoms with Gasteiger partial charge >= 0.3 is 0 Å². The maximum absolute atomic E-state index is 11.3. The van der Waals surface area contributed by atoms with Crippen LogP contribution in [0, 0.1) is 0 Å². The van der Waals surface area contributed by atoms with Crippen LogP contribution in [-0.4, -0.2) is 23.9 Å². The van der Waals surface area contributed by atoms with Crippen LogP contribution in [0.15, 0.2) is 11.1 Å². The molecule has 0 spiro atoms. The summed E-state index contributed by atoms with van der Waals surface area (Å²) < 4.78 is 0. The SMILES string of the molecule is CCC(=O)N1CCC(C)=C(C)C1. The molecule has 0 unspecified atom stereocenters. The summed E-state index contributed by atoms with van der Waals surface area (Å²) in [6.45, 7) is 7.95. The van der Waals surface area contributed by atoms with Crippen molar-refractivity contribution in [1.82, 2.24) is 4.90 Å². The number of carbonyl (C=O) groups is 1. The highest BCUT2D eigenvalue weighted by Crippen LogP contribution is 2.16. The molecule has 0 atom stereocenters. The van der Waals surface area contributed by atoms with E-state index in [1.165, 1.54) is 11.1 Å². The minimum atomic E-state index is 0.279. The zero-order chi connectivity index (χ0) is 9.14. The molecule has 0 saturated heterocycles. The Bertz CT molecular complexity index is 218. The zero-order valence-corrected chi connectivity index (χ0v) is 8.18. The highest BCUT2D eigenvalue weighted by atomic mass is 16.2. The van der Waals surface area contributed by atoms with E-state index in [1.54, 1.807) is 0 Å². The van der Waals surface area contributed by atoms with Crippen molar-refractivity contribution in [2.45, 2.75) is 33.6 Å². The van der Waals surface area contributed by atoms with Crippen molar-refractivity contribution >= 4 is 5.91 Å². The number of hydrogen-bond acceptors (Lipinski definition) is 1. The first-order valence-electron chi connectivity index (χ1n) is 4.58. The molecule has 0 aromatic heterocycles. The van der Waals surface area contributed by atoms with Crippen molar-refractivity contribution in [1.29, 1.82) is 0 Å². The lowest BCUT2D eigenvalue weighted by Gasteiger charge is -2.28. The number of hydrogen-bond donors (Lipinski definition) is 0. The van der Waals surface area contributed by atoms with E-state index < -0.39 is 0 Å². The predicted octanol–water partition coefficient (Wildman–Crippen LogP) is 1.97. The van der Waals surface area contributed by atoms with Crippen LogP contribution in [0.5, 0.6) is 0 Å². The molecule has 1 aliphatic heterocycles. The fourth-order valence-corrected chi connectivity index (χ4v) is 1.45. The third-order valence-electron chi connectivity index (χ3n) is 2.57. The third kappa shape index (κ3) is 1.87. The molecular weight excluding hydrogens is 150 g/mol. The molecule has 0 saturated carbocycles. The van der Waals surface area contributed by atoms with Crippen molar-refractivity contribution in [2.24, 2.45) is 0 Å². The van der Waals surface area contributed by atoms with E-state index in [0.29, 0.717) is 6.42 Å². The Morgan fingerprint density at radius 2 is 2.08 bits per heavy atom. The lowest BCUT2D eigenvalue weighted by atomic mass is 10.0. The normalized spacial score (nSPS) is 18.4. The van der Waals surface area contributed by atoms with Gasteiger partial charge in [-0.15, -0.1) is 0 Å². The van der Waals surface area contributed by atoms with Crippen LogP contribution in [0.1, 0.15) is 33.6 Å². The third-order valence-corrected chi connectivity index (χ3v) is 2.57. The molecule has 2 nitrogen and oxygen atoms in total.